The van der Waals surface area contributed by atoms with Gasteiger partial charge in [0.15, 0.2) is 0 Å². The number of nitroso groups, excluding NO2 is 1. The zero-order valence-electron chi connectivity index (χ0n) is 17.6. The molecular formula is C22H28N6O. The van der Waals surface area contributed by atoms with Crippen LogP contribution in [0.4, 0.5) is 5.69 Å². The third-order valence-electron chi connectivity index (χ3n) is 5.25. The number of hydrogen-bond donors (Lipinski definition) is 0. The Hall–Kier alpha value is -2.93. The summed E-state index contributed by atoms with van der Waals surface area (Å²) in [6.45, 7) is 8.07. The van der Waals surface area contributed by atoms with Crippen LogP contribution in [0.15, 0.2) is 52.7 Å². The summed E-state index contributed by atoms with van der Waals surface area (Å²) >= 11 is 0. The van der Waals surface area contributed by atoms with Gasteiger partial charge in [0.1, 0.15) is 12.0 Å². The van der Waals surface area contributed by atoms with Gasteiger partial charge in [-0.3, -0.25) is 4.99 Å². The highest BCUT2D eigenvalue weighted by Gasteiger charge is 2.24. The Bertz CT molecular complexity index is 914. The second kappa shape index (κ2) is 9.52. The Labute approximate surface area is 172 Å². The van der Waals surface area contributed by atoms with Crippen molar-refractivity contribution in [3.05, 3.63) is 64.2 Å². The predicted octanol–water partition coefficient (Wildman–Crippen LogP) is 3.67. The summed E-state index contributed by atoms with van der Waals surface area (Å²) in [6, 6.07) is 7.52. The van der Waals surface area contributed by atoms with Gasteiger partial charge < -0.3 is 9.80 Å². The molecule has 0 N–H and O–H groups in total. The summed E-state index contributed by atoms with van der Waals surface area (Å²) in [5, 5.41) is 3.14. The van der Waals surface area contributed by atoms with E-state index in [-0.39, 0.29) is 0 Å². The van der Waals surface area contributed by atoms with Crippen LogP contribution in [0.25, 0.3) is 5.57 Å². The number of allylic oxidation sites excluding steroid dienone is 2. The second-order valence-electron chi connectivity index (χ2n) is 7.28. The van der Waals surface area contributed by atoms with Crippen molar-refractivity contribution in [2.24, 2.45) is 10.2 Å². The van der Waals surface area contributed by atoms with Gasteiger partial charge in [-0.25, -0.2) is 9.97 Å². The molecule has 0 amide bonds. The number of hydrogen-bond acceptors (Lipinski definition) is 7. The van der Waals surface area contributed by atoms with Crippen LogP contribution in [0, 0.1) is 11.8 Å². The molecule has 1 aromatic carbocycles. The molecule has 0 bridgehead atoms. The third kappa shape index (κ3) is 4.74. The minimum absolute atomic E-state index is 0.404. The first-order valence-corrected chi connectivity index (χ1v) is 9.93. The number of rotatable bonds is 6. The molecule has 29 heavy (non-hydrogen) atoms. The van der Waals surface area contributed by atoms with Crippen LogP contribution in [0.5, 0.6) is 0 Å². The lowest BCUT2D eigenvalue weighted by Crippen LogP contribution is -2.44. The van der Waals surface area contributed by atoms with Crippen LogP contribution >= 0.6 is 0 Å². The molecule has 1 aliphatic heterocycles. The van der Waals surface area contributed by atoms with Gasteiger partial charge in [0.05, 0.1) is 11.4 Å². The van der Waals surface area contributed by atoms with Crippen molar-refractivity contribution in [2.45, 2.75) is 20.3 Å². The maximum absolute atomic E-state index is 11.2. The standard InChI is InChI=1S/C22H28N6O/c1-5-20(28-10-8-27(4)9-11-28)21(19-6-7-24-15-25-19)22(23-3)17-12-16(2)13-18(14-17)26-29/h6-7,12-15H,5,8-11H2,1-4H3/b21-20+,23-22?. The van der Waals surface area contributed by atoms with E-state index in [2.05, 4.69) is 43.9 Å². The van der Waals surface area contributed by atoms with Crippen LogP contribution in [0.1, 0.15) is 30.2 Å². The Balaban J connectivity index is 2.19. The monoisotopic (exact) mass is 392 g/mol. The van der Waals surface area contributed by atoms with E-state index < -0.39 is 0 Å². The SMILES string of the molecule is CC/C(=C(\C(=NC)c1cc(C)cc(N=O)c1)c1ccncn1)N1CCN(C)CC1. The zero-order chi connectivity index (χ0) is 20.8. The number of aliphatic imine (C=N–C) groups is 1. The van der Waals surface area contributed by atoms with E-state index in [1.54, 1.807) is 31.7 Å². The lowest BCUT2D eigenvalue weighted by Gasteiger charge is -2.36. The van der Waals surface area contributed by atoms with Gasteiger partial charge >= 0.3 is 0 Å². The molecule has 0 aliphatic carbocycles. The van der Waals surface area contributed by atoms with Crippen LogP contribution in [-0.2, 0) is 0 Å². The van der Waals surface area contributed by atoms with E-state index in [0.29, 0.717) is 5.69 Å². The summed E-state index contributed by atoms with van der Waals surface area (Å²) in [5.74, 6) is 0. The number of benzene rings is 1. The highest BCUT2D eigenvalue weighted by molar-refractivity contribution is 6.32. The van der Waals surface area contributed by atoms with Gasteiger partial charge in [0.25, 0.3) is 0 Å². The van der Waals surface area contributed by atoms with Gasteiger partial charge in [-0.1, -0.05) is 6.92 Å². The first kappa shape index (κ1) is 20.8. The predicted molar refractivity (Wildman–Crippen MR) is 117 cm³/mol. The fraction of sp³-hybridized carbons (Fsp3) is 0.409. The molecule has 0 radical (unpaired) electrons. The van der Waals surface area contributed by atoms with Gasteiger partial charge in [0, 0.05) is 56.3 Å². The van der Waals surface area contributed by atoms with Crippen molar-refractivity contribution in [3.63, 3.8) is 0 Å². The maximum Gasteiger partial charge on any atom is 0.116 e. The topological polar surface area (TPSA) is 74.0 Å². The number of likely N-dealkylation sites (N-methyl/N-ethyl adjacent to an activating group) is 1. The van der Waals surface area contributed by atoms with E-state index in [1.165, 1.54) is 5.70 Å². The molecule has 1 aliphatic rings. The molecule has 0 atom stereocenters. The summed E-state index contributed by atoms with van der Waals surface area (Å²) in [7, 11) is 3.93. The van der Waals surface area contributed by atoms with Crippen molar-refractivity contribution in [2.75, 3.05) is 40.3 Å². The molecule has 7 heteroatoms. The number of aryl methyl sites for hydroxylation is 1. The first-order valence-electron chi connectivity index (χ1n) is 9.93. The summed E-state index contributed by atoms with van der Waals surface area (Å²) < 4.78 is 0. The Morgan fingerprint density at radius 3 is 2.52 bits per heavy atom. The molecule has 7 nitrogen and oxygen atoms in total. The van der Waals surface area contributed by atoms with Gasteiger partial charge in [-0.05, 0) is 55.4 Å². The quantitative estimate of drug-likeness (QED) is 0.554. The normalized spacial score (nSPS) is 16.6. The average Bonchev–Trinajstić information content (AvgIpc) is 2.75. The van der Waals surface area contributed by atoms with Crippen LogP contribution < -0.4 is 0 Å². The van der Waals surface area contributed by atoms with E-state index in [9.17, 15) is 4.91 Å². The molecule has 2 aromatic rings. The largest absolute Gasteiger partial charge is 0.372 e. The highest BCUT2D eigenvalue weighted by Crippen LogP contribution is 2.29. The smallest absolute Gasteiger partial charge is 0.116 e. The fourth-order valence-corrected chi connectivity index (χ4v) is 3.82. The summed E-state index contributed by atoms with van der Waals surface area (Å²) in [6.07, 6.45) is 4.17. The average molecular weight is 393 g/mol. The Kier molecular flexibility index (Phi) is 6.82. The Morgan fingerprint density at radius 2 is 1.93 bits per heavy atom. The molecule has 1 saturated heterocycles. The van der Waals surface area contributed by atoms with Gasteiger partial charge in [-0.2, -0.15) is 0 Å². The number of nitrogens with zero attached hydrogens (tertiary/aromatic N) is 6. The number of aromatic nitrogens is 2. The minimum atomic E-state index is 0.404. The fourth-order valence-electron chi connectivity index (χ4n) is 3.82. The second-order valence-corrected chi connectivity index (χ2v) is 7.28. The van der Waals surface area contributed by atoms with Crippen molar-refractivity contribution in [3.8, 4) is 0 Å². The molecular weight excluding hydrogens is 364 g/mol. The zero-order valence-corrected chi connectivity index (χ0v) is 17.6. The van der Waals surface area contributed by atoms with Crippen molar-refractivity contribution < 1.29 is 0 Å². The van der Waals surface area contributed by atoms with Crippen molar-refractivity contribution in [1.82, 2.24) is 19.8 Å². The van der Waals surface area contributed by atoms with Crippen LogP contribution in [-0.4, -0.2) is 65.8 Å². The lowest BCUT2D eigenvalue weighted by atomic mass is 9.94. The molecule has 152 valence electrons. The van der Waals surface area contributed by atoms with Crippen LogP contribution in [0.2, 0.25) is 0 Å². The molecule has 3 rings (SSSR count). The molecule has 1 aromatic heterocycles. The van der Waals surface area contributed by atoms with E-state index in [4.69, 9.17) is 0 Å². The lowest BCUT2D eigenvalue weighted by molar-refractivity contribution is 0.184. The van der Waals surface area contributed by atoms with Gasteiger partial charge in [0.2, 0.25) is 0 Å². The maximum atomic E-state index is 11.2. The van der Waals surface area contributed by atoms with Crippen LogP contribution in [0.3, 0.4) is 0 Å². The molecule has 0 saturated carbocycles. The molecule has 2 heterocycles. The molecule has 0 unspecified atom stereocenters. The van der Waals surface area contributed by atoms with E-state index in [1.807, 2.05) is 19.1 Å². The Morgan fingerprint density at radius 1 is 1.17 bits per heavy atom. The number of piperazine rings is 1. The van der Waals surface area contributed by atoms with E-state index >= 15 is 0 Å². The van der Waals surface area contributed by atoms with Gasteiger partial charge in [-0.15, -0.1) is 4.91 Å². The summed E-state index contributed by atoms with van der Waals surface area (Å²) in [4.78, 5) is 29.2. The van der Waals surface area contributed by atoms with Crippen molar-refractivity contribution >= 4 is 17.0 Å². The highest BCUT2D eigenvalue weighted by atomic mass is 16.3. The summed E-state index contributed by atoms with van der Waals surface area (Å²) in [5.41, 5.74) is 6.09. The first-order chi connectivity index (χ1) is 14.1. The van der Waals surface area contributed by atoms with E-state index in [0.717, 1.165) is 60.7 Å². The minimum Gasteiger partial charge on any atom is -0.372 e. The van der Waals surface area contributed by atoms with Crippen molar-refractivity contribution in [1.29, 1.82) is 0 Å². The third-order valence-corrected chi connectivity index (χ3v) is 5.25. The molecule has 1 fully saturated rings. The molecule has 0 spiro atoms.